The molecule has 174 valence electrons. The Labute approximate surface area is 194 Å². The number of aromatic nitrogens is 3. The van der Waals surface area contributed by atoms with Crippen LogP contribution in [0, 0.1) is 5.82 Å². The summed E-state index contributed by atoms with van der Waals surface area (Å²) in [6.07, 6.45) is 1.16. The molecular weight excluding hydrogens is 453 g/mol. The first-order valence-corrected chi connectivity index (χ1v) is 10.4. The fraction of sp³-hybridized carbons (Fsp3) is 0.273. The average Bonchev–Trinajstić information content (AvgIpc) is 3.35. The van der Waals surface area contributed by atoms with Crippen molar-refractivity contribution in [2.24, 2.45) is 0 Å². The smallest absolute Gasteiger partial charge is 0.288 e. The molecule has 2 amide bonds. The van der Waals surface area contributed by atoms with E-state index in [1.54, 1.807) is 13.2 Å². The summed E-state index contributed by atoms with van der Waals surface area (Å²) in [7, 11) is 1.57. The summed E-state index contributed by atoms with van der Waals surface area (Å²) in [5.41, 5.74) is 1.44. The van der Waals surface area contributed by atoms with Gasteiger partial charge in [0.05, 0.1) is 31.4 Å². The number of ether oxygens (including phenoxy) is 2. The van der Waals surface area contributed by atoms with E-state index in [1.165, 1.54) is 18.5 Å². The number of nitrogens with one attached hydrogen (secondary N) is 3. The summed E-state index contributed by atoms with van der Waals surface area (Å²) >= 11 is 5.69. The summed E-state index contributed by atoms with van der Waals surface area (Å²) in [5.74, 6) is -0.673. The molecule has 2 aromatic carbocycles. The second-order valence-corrected chi connectivity index (χ2v) is 7.51. The summed E-state index contributed by atoms with van der Waals surface area (Å²) in [6.45, 7) is 0.384. The predicted octanol–water partition coefficient (Wildman–Crippen LogP) is 2.63. The zero-order valence-electron chi connectivity index (χ0n) is 17.8. The molecule has 1 unspecified atom stereocenters. The van der Waals surface area contributed by atoms with Crippen LogP contribution >= 0.6 is 11.6 Å². The van der Waals surface area contributed by atoms with Crippen molar-refractivity contribution in [1.82, 2.24) is 25.8 Å². The minimum Gasteiger partial charge on any atom is -0.497 e. The van der Waals surface area contributed by atoms with Crippen LogP contribution < -0.4 is 15.4 Å². The van der Waals surface area contributed by atoms with E-state index >= 15 is 0 Å². The molecule has 0 saturated carbocycles. The molecular formula is C22H23ClFN5O4. The molecule has 0 bridgehead atoms. The first kappa shape index (κ1) is 24.1. The van der Waals surface area contributed by atoms with Crippen LogP contribution in [0.3, 0.4) is 0 Å². The maximum atomic E-state index is 13.6. The van der Waals surface area contributed by atoms with E-state index in [2.05, 4.69) is 25.8 Å². The Balaban J connectivity index is 1.57. The van der Waals surface area contributed by atoms with Gasteiger partial charge in [-0.3, -0.25) is 14.7 Å². The van der Waals surface area contributed by atoms with Crippen LogP contribution in [0.25, 0.3) is 0 Å². The third kappa shape index (κ3) is 7.55. The molecule has 3 rings (SSSR count). The van der Waals surface area contributed by atoms with Crippen molar-refractivity contribution in [2.75, 3.05) is 13.7 Å². The van der Waals surface area contributed by atoms with Gasteiger partial charge < -0.3 is 20.1 Å². The standard InChI is InChI=1S/C22H23ClFN5O4/c1-32-17-4-2-3-14(7-17)10-25-20(30)9-16(28-22(31)21-26-13-27-29-21)12-33-11-15-5-6-18(23)19(24)8-15/h2-8,13,16H,9-12H2,1H3,(H,25,30)(H,28,31)(H,26,27,29). The number of amides is 2. The van der Waals surface area contributed by atoms with Crippen molar-refractivity contribution in [3.8, 4) is 5.75 Å². The molecule has 0 aliphatic rings. The van der Waals surface area contributed by atoms with Gasteiger partial charge in [0.1, 0.15) is 17.9 Å². The van der Waals surface area contributed by atoms with Crippen molar-refractivity contribution < 1.29 is 23.5 Å². The third-order valence-electron chi connectivity index (χ3n) is 4.59. The highest BCUT2D eigenvalue weighted by atomic mass is 35.5. The maximum absolute atomic E-state index is 13.6. The molecule has 0 spiro atoms. The molecule has 9 nitrogen and oxygen atoms in total. The molecule has 0 aliphatic heterocycles. The largest absolute Gasteiger partial charge is 0.497 e. The Morgan fingerprint density at radius 1 is 1.21 bits per heavy atom. The minimum absolute atomic E-state index is 0.0106. The number of methoxy groups -OCH3 is 1. The average molecular weight is 476 g/mol. The highest BCUT2D eigenvalue weighted by molar-refractivity contribution is 6.30. The van der Waals surface area contributed by atoms with E-state index in [-0.39, 0.29) is 36.4 Å². The quantitative estimate of drug-likeness (QED) is 0.392. The monoisotopic (exact) mass is 475 g/mol. The minimum atomic E-state index is -0.662. The van der Waals surface area contributed by atoms with Crippen molar-refractivity contribution in [1.29, 1.82) is 0 Å². The van der Waals surface area contributed by atoms with Crippen molar-refractivity contribution >= 4 is 23.4 Å². The molecule has 33 heavy (non-hydrogen) atoms. The van der Waals surface area contributed by atoms with E-state index in [1.807, 2.05) is 24.3 Å². The molecule has 11 heteroatoms. The SMILES string of the molecule is COc1cccc(CNC(=O)CC(COCc2ccc(Cl)c(F)c2)NC(=O)c2ncn[nH]2)c1. The lowest BCUT2D eigenvalue weighted by molar-refractivity contribution is -0.122. The number of carbonyl (C=O) groups excluding carboxylic acids is 2. The Kier molecular flexibility index (Phi) is 8.73. The molecule has 1 heterocycles. The maximum Gasteiger partial charge on any atom is 0.288 e. The Morgan fingerprint density at radius 3 is 2.79 bits per heavy atom. The molecule has 0 fully saturated rings. The van der Waals surface area contributed by atoms with Gasteiger partial charge >= 0.3 is 0 Å². The van der Waals surface area contributed by atoms with Crippen LogP contribution in [0.15, 0.2) is 48.8 Å². The third-order valence-corrected chi connectivity index (χ3v) is 4.90. The molecule has 3 aromatic rings. The summed E-state index contributed by atoms with van der Waals surface area (Å²) in [4.78, 5) is 28.7. The number of H-pyrrole nitrogens is 1. The van der Waals surface area contributed by atoms with Gasteiger partial charge in [0.15, 0.2) is 0 Å². The zero-order chi connectivity index (χ0) is 23.6. The van der Waals surface area contributed by atoms with E-state index < -0.39 is 17.8 Å². The van der Waals surface area contributed by atoms with Gasteiger partial charge in [-0.15, -0.1) is 0 Å². The fourth-order valence-electron chi connectivity index (χ4n) is 2.95. The van der Waals surface area contributed by atoms with Crippen LogP contribution in [0.2, 0.25) is 5.02 Å². The number of benzene rings is 2. The molecule has 3 N–H and O–H groups in total. The van der Waals surface area contributed by atoms with Crippen molar-refractivity contribution in [2.45, 2.75) is 25.6 Å². The summed E-state index contributed by atoms with van der Waals surface area (Å²) in [6, 6.07) is 11.0. The van der Waals surface area contributed by atoms with Crippen LogP contribution in [0.1, 0.15) is 28.2 Å². The van der Waals surface area contributed by atoms with Gasteiger partial charge in [0.2, 0.25) is 11.7 Å². The number of carbonyl (C=O) groups is 2. The van der Waals surface area contributed by atoms with Gasteiger partial charge in [0.25, 0.3) is 5.91 Å². The first-order chi connectivity index (χ1) is 15.9. The number of aromatic amines is 1. The van der Waals surface area contributed by atoms with Gasteiger partial charge in [-0.05, 0) is 35.4 Å². The summed E-state index contributed by atoms with van der Waals surface area (Å²) in [5, 5.41) is 11.6. The number of halogens is 2. The second-order valence-electron chi connectivity index (χ2n) is 7.10. The highest BCUT2D eigenvalue weighted by Gasteiger charge is 2.19. The first-order valence-electron chi connectivity index (χ1n) is 10.0. The van der Waals surface area contributed by atoms with Crippen LogP contribution in [-0.4, -0.2) is 46.8 Å². The van der Waals surface area contributed by atoms with E-state index in [4.69, 9.17) is 21.1 Å². The van der Waals surface area contributed by atoms with Crippen LogP contribution in [-0.2, 0) is 22.7 Å². The highest BCUT2D eigenvalue weighted by Crippen LogP contribution is 2.16. The van der Waals surface area contributed by atoms with Gasteiger partial charge in [-0.2, -0.15) is 5.10 Å². The van der Waals surface area contributed by atoms with Gasteiger partial charge in [0, 0.05) is 13.0 Å². The lowest BCUT2D eigenvalue weighted by Gasteiger charge is -2.18. The molecule has 0 saturated heterocycles. The number of rotatable bonds is 11. The van der Waals surface area contributed by atoms with Gasteiger partial charge in [-0.25, -0.2) is 9.37 Å². The lowest BCUT2D eigenvalue weighted by Crippen LogP contribution is -2.42. The van der Waals surface area contributed by atoms with Crippen molar-refractivity contribution in [3.05, 3.63) is 76.6 Å². The molecule has 0 aliphatic carbocycles. The number of hydrogen-bond donors (Lipinski definition) is 3. The van der Waals surface area contributed by atoms with Crippen molar-refractivity contribution in [3.63, 3.8) is 0 Å². The number of nitrogens with zero attached hydrogens (tertiary/aromatic N) is 2. The molecule has 1 aromatic heterocycles. The van der Waals surface area contributed by atoms with E-state index in [9.17, 15) is 14.0 Å². The fourth-order valence-corrected chi connectivity index (χ4v) is 3.07. The van der Waals surface area contributed by atoms with Crippen LogP contribution in [0.5, 0.6) is 5.75 Å². The van der Waals surface area contributed by atoms with E-state index in [0.717, 1.165) is 5.56 Å². The zero-order valence-corrected chi connectivity index (χ0v) is 18.6. The predicted molar refractivity (Wildman–Crippen MR) is 118 cm³/mol. The number of hydrogen-bond acceptors (Lipinski definition) is 6. The van der Waals surface area contributed by atoms with Gasteiger partial charge in [-0.1, -0.05) is 29.8 Å². The summed E-state index contributed by atoms with van der Waals surface area (Å²) < 4.78 is 24.4. The topological polar surface area (TPSA) is 118 Å². The van der Waals surface area contributed by atoms with E-state index in [0.29, 0.717) is 17.9 Å². The Morgan fingerprint density at radius 2 is 2.06 bits per heavy atom. The van der Waals surface area contributed by atoms with Crippen LogP contribution in [0.4, 0.5) is 4.39 Å². The molecule has 0 radical (unpaired) electrons. The normalized spacial score (nSPS) is 11.6. The molecule has 1 atom stereocenters. The second kappa shape index (κ2) is 11.9. The Hall–Kier alpha value is -3.50. The lowest BCUT2D eigenvalue weighted by atomic mass is 10.1. The Bertz CT molecular complexity index is 1080.